The third kappa shape index (κ3) is 4.05. The van der Waals surface area contributed by atoms with E-state index in [1.807, 2.05) is 0 Å². The smallest absolute Gasteiger partial charge is 0.295 e. The lowest BCUT2D eigenvalue weighted by Gasteiger charge is -2.47. The van der Waals surface area contributed by atoms with E-state index < -0.39 is 0 Å². The number of rotatable bonds is 7. The van der Waals surface area contributed by atoms with Gasteiger partial charge in [-0.05, 0) is 80.3 Å². The molecule has 7 rings (SSSR count). The van der Waals surface area contributed by atoms with Gasteiger partial charge in [-0.3, -0.25) is 0 Å². The molecular weight excluding hydrogens is 546 g/mol. The minimum atomic E-state index is -0.101. The molecule has 0 fully saturated rings. The van der Waals surface area contributed by atoms with Crippen LogP contribution in [0.4, 0.5) is 0 Å². The van der Waals surface area contributed by atoms with Crippen LogP contribution in [-0.2, 0) is 30.8 Å². The molecule has 0 spiro atoms. The molecule has 6 aromatic rings. The molecular formula is C42H50N3+. The van der Waals surface area contributed by atoms with E-state index in [0.717, 1.165) is 25.7 Å². The molecule has 45 heavy (non-hydrogen) atoms. The standard InChI is InChI=1S/C42H50N3/c1-10-41(7)33-20-14-12-18-30(33)40-44(35-22-16-17-23-36(35)45(40)42(41,8)11-2)39-29(24-27(3)4)26-37-38(32(39)25-28(5)6)31-19-13-15-21-34(31)43(37)9/h12-23,26-28H,10-11,24-25H2,1-9H3/q+1. The number of hydrogen-bond acceptors (Lipinski definition) is 0. The number of aromatic nitrogens is 3. The van der Waals surface area contributed by atoms with Gasteiger partial charge in [0.1, 0.15) is 11.2 Å². The molecule has 0 radical (unpaired) electrons. The van der Waals surface area contributed by atoms with Crippen LogP contribution in [0.2, 0.25) is 0 Å². The summed E-state index contributed by atoms with van der Waals surface area (Å²) in [6.45, 7) is 19.3. The van der Waals surface area contributed by atoms with Crippen molar-refractivity contribution >= 4 is 32.8 Å². The van der Waals surface area contributed by atoms with Gasteiger partial charge in [0.2, 0.25) is 0 Å². The molecule has 2 unspecified atom stereocenters. The molecule has 2 atom stereocenters. The Labute approximate surface area is 269 Å². The van der Waals surface area contributed by atoms with E-state index in [2.05, 4.69) is 155 Å². The van der Waals surface area contributed by atoms with Crippen molar-refractivity contribution in [2.24, 2.45) is 18.9 Å². The van der Waals surface area contributed by atoms with Crippen LogP contribution in [0.15, 0.2) is 78.9 Å². The second-order valence-electron chi connectivity index (χ2n) is 14.9. The van der Waals surface area contributed by atoms with Gasteiger partial charge in [-0.2, -0.15) is 4.57 Å². The fourth-order valence-electron chi connectivity index (χ4n) is 8.88. The topological polar surface area (TPSA) is 13.7 Å². The zero-order valence-corrected chi connectivity index (χ0v) is 28.8. The van der Waals surface area contributed by atoms with Crippen molar-refractivity contribution in [3.63, 3.8) is 0 Å². The first kappa shape index (κ1) is 29.8. The highest BCUT2D eigenvalue weighted by molar-refractivity contribution is 6.11. The zero-order valence-electron chi connectivity index (χ0n) is 28.8. The van der Waals surface area contributed by atoms with Gasteiger partial charge >= 0.3 is 0 Å². The van der Waals surface area contributed by atoms with E-state index >= 15 is 0 Å². The molecule has 1 aliphatic rings. The maximum absolute atomic E-state index is 2.75. The summed E-state index contributed by atoms with van der Waals surface area (Å²) in [6, 6.07) is 30.0. The summed E-state index contributed by atoms with van der Waals surface area (Å²) in [6.07, 6.45) is 4.19. The van der Waals surface area contributed by atoms with E-state index in [0.29, 0.717) is 11.8 Å². The lowest BCUT2D eigenvalue weighted by atomic mass is 9.61. The summed E-state index contributed by atoms with van der Waals surface area (Å²) in [5, 5.41) is 2.78. The minimum Gasteiger partial charge on any atom is -0.344 e. The summed E-state index contributed by atoms with van der Waals surface area (Å²) < 4.78 is 7.88. The first-order valence-corrected chi connectivity index (χ1v) is 17.2. The Hall–Kier alpha value is -3.85. The Morgan fingerprint density at radius 1 is 0.733 bits per heavy atom. The van der Waals surface area contributed by atoms with Crippen LogP contribution in [0, 0.1) is 11.8 Å². The molecule has 1 aliphatic heterocycles. The summed E-state index contributed by atoms with van der Waals surface area (Å²) in [7, 11) is 2.25. The van der Waals surface area contributed by atoms with Gasteiger partial charge in [-0.25, -0.2) is 4.57 Å². The Morgan fingerprint density at radius 2 is 1.38 bits per heavy atom. The summed E-state index contributed by atoms with van der Waals surface area (Å²) >= 11 is 0. The second kappa shape index (κ2) is 10.6. The Bertz CT molecular complexity index is 2090. The van der Waals surface area contributed by atoms with Crippen LogP contribution in [0.5, 0.6) is 0 Å². The fraction of sp³-hybridized carbons (Fsp3) is 0.405. The molecule has 0 saturated carbocycles. The van der Waals surface area contributed by atoms with Gasteiger partial charge in [0, 0.05) is 45.4 Å². The Balaban J connectivity index is 1.75. The van der Waals surface area contributed by atoms with Crippen molar-refractivity contribution < 1.29 is 4.57 Å². The van der Waals surface area contributed by atoms with Crippen LogP contribution in [0.3, 0.4) is 0 Å². The normalized spacial score (nSPS) is 19.7. The predicted octanol–water partition coefficient (Wildman–Crippen LogP) is 10.4. The number of benzene rings is 4. The monoisotopic (exact) mass is 596 g/mol. The molecule has 0 amide bonds. The van der Waals surface area contributed by atoms with Crippen LogP contribution < -0.4 is 4.57 Å². The van der Waals surface area contributed by atoms with E-state index in [9.17, 15) is 0 Å². The minimum absolute atomic E-state index is 0.00786. The van der Waals surface area contributed by atoms with E-state index in [1.165, 1.54) is 66.6 Å². The van der Waals surface area contributed by atoms with Crippen molar-refractivity contribution in [2.75, 3.05) is 0 Å². The molecule has 0 aliphatic carbocycles. The van der Waals surface area contributed by atoms with Crippen molar-refractivity contribution in [3.05, 3.63) is 95.6 Å². The molecule has 0 N–H and O–H groups in total. The van der Waals surface area contributed by atoms with Gasteiger partial charge in [-0.1, -0.05) is 97.0 Å². The molecule has 3 heterocycles. The molecule has 0 saturated heterocycles. The highest BCUT2D eigenvalue weighted by Crippen LogP contribution is 2.52. The Morgan fingerprint density at radius 3 is 2.07 bits per heavy atom. The highest BCUT2D eigenvalue weighted by atomic mass is 15.2. The molecule has 0 bridgehead atoms. The first-order valence-electron chi connectivity index (χ1n) is 17.2. The highest BCUT2D eigenvalue weighted by Gasteiger charge is 2.56. The number of aryl methyl sites for hydroxylation is 1. The number of imidazole rings is 1. The zero-order chi connectivity index (χ0) is 31.8. The fourth-order valence-corrected chi connectivity index (χ4v) is 8.88. The number of nitrogens with zero attached hydrogens (tertiary/aromatic N) is 3. The van der Waals surface area contributed by atoms with Gasteiger partial charge < -0.3 is 4.57 Å². The summed E-state index contributed by atoms with van der Waals surface area (Å²) in [5.41, 5.74) is 12.4. The van der Waals surface area contributed by atoms with Crippen molar-refractivity contribution in [3.8, 4) is 17.1 Å². The van der Waals surface area contributed by atoms with E-state index in [1.54, 1.807) is 0 Å². The molecule has 3 nitrogen and oxygen atoms in total. The first-order chi connectivity index (χ1) is 21.6. The number of para-hydroxylation sites is 3. The maximum atomic E-state index is 2.75. The van der Waals surface area contributed by atoms with Crippen LogP contribution in [0.25, 0.3) is 49.9 Å². The van der Waals surface area contributed by atoms with Crippen molar-refractivity contribution in [2.45, 2.75) is 92.0 Å². The van der Waals surface area contributed by atoms with Gasteiger partial charge in [0.25, 0.3) is 5.82 Å². The summed E-state index contributed by atoms with van der Waals surface area (Å²) in [5.74, 6) is 2.38. The molecule has 3 heteroatoms. The molecule has 232 valence electrons. The summed E-state index contributed by atoms with van der Waals surface area (Å²) in [4.78, 5) is 0. The number of fused-ring (bicyclic) bond motifs is 8. The van der Waals surface area contributed by atoms with E-state index in [-0.39, 0.29) is 11.0 Å². The van der Waals surface area contributed by atoms with Gasteiger partial charge in [-0.15, -0.1) is 0 Å². The van der Waals surface area contributed by atoms with Gasteiger partial charge in [0.15, 0.2) is 11.0 Å². The average molecular weight is 597 g/mol. The largest absolute Gasteiger partial charge is 0.344 e. The lowest BCUT2D eigenvalue weighted by Crippen LogP contribution is -2.67. The quantitative estimate of drug-likeness (QED) is 0.163. The third-order valence-corrected chi connectivity index (χ3v) is 11.4. The number of hydrogen-bond donors (Lipinski definition) is 0. The molecule has 2 aromatic heterocycles. The van der Waals surface area contributed by atoms with E-state index in [4.69, 9.17) is 0 Å². The Kier molecular flexibility index (Phi) is 7.04. The van der Waals surface area contributed by atoms with Crippen LogP contribution in [-0.4, -0.2) is 9.13 Å². The molecule has 4 aromatic carbocycles. The van der Waals surface area contributed by atoms with Crippen molar-refractivity contribution in [1.29, 1.82) is 0 Å². The van der Waals surface area contributed by atoms with Crippen LogP contribution >= 0.6 is 0 Å². The van der Waals surface area contributed by atoms with Crippen molar-refractivity contribution in [1.82, 2.24) is 9.13 Å². The van der Waals surface area contributed by atoms with Crippen LogP contribution in [0.1, 0.15) is 84.9 Å². The lowest BCUT2D eigenvalue weighted by molar-refractivity contribution is -0.743. The van der Waals surface area contributed by atoms with Gasteiger partial charge in [0.05, 0.1) is 5.56 Å². The average Bonchev–Trinajstić information content (AvgIpc) is 3.52. The second-order valence-corrected chi connectivity index (χ2v) is 14.9. The SMILES string of the molecule is CCC1(C)c2ccccc2-c2n(-c3c(CC(C)C)cc4c(c3CC(C)C)c3ccccc3n4C)c3ccccc3[n+]2C1(C)CC. The third-order valence-electron chi connectivity index (χ3n) is 11.4. The maximum Gasteiger partial charge on any atom is 0.295 e. The predicted molar refractivity (Wildman–Crippen MR) is 192 cm³/mol.